The van der Waals surface area contributed by atoms with Crippen LogP contribution in [0.2, 0.25) is 0 Å². The minimum absolute atomic E-state index is 1.14. The lowest BCUT2D eigenvalue weighted by atomic mass is 10.2. The average molecular weight is 175 g/mol. The van der Waals surface area contributed by atoms with Crippen LogP contribution < -0.4 is 0 Å². The predicted molar refractivity (Wildman–Crippen MR) is 42.1 cm³/mol. The second-order valence-corrected chi connectivity index (χ2v) is 2.21. The summed E-state index contributed by atoms with van der Waals surface area (Å²) in [4.78, 5) is 1.85. The zero-order valence-corrected chi connectivity index (χ0v) is 6.90. The van der Waals surface area contributed by atoms with E-state index in [0.29, 0.717) is 0 Å². The lowest BCUT2D eigenvalue weighted by molar-refractivity contribution is 1.10. The summed E-state index contributed by atoms with van der Waals surface area (Å²) in [5, 5.41) is 0. The molecule has 1 heteroatoms. The summed E-state index contributed by atoms with van der Waals surface area (Å²) >= 11 is 3.18. The number of halogens is 1. The molecule has 46 valence electrons. The van der Waals surface area contributed by atoms with E-state index in [1.807, 2.05) is 11.1 Å². The van der Waals surface area contributed by atoms with Crippen LogP contribution in [0.5, 0.6) is 0 Å². The first-order chi connectivity index (χ1) is 3.81. The Morgan fingerprint density at radius 2 is 2.25 bits per heavy atom. The van der Waals surface area contributed by atoms with Gasteiger partial charge in [-0.15, -0.1) is 0 Å². The van der Waals surface area contributed by atoms with Gasteiger partial charge in [-0.25, -0.2) is 0 Å². The molecular weight excluding hydrogens is 164 g/mol. The highest BCUT2D eigenvalue weighted by Crippen LogP contribution is 1.97. The van der Waals surface area contributed by atoms with Crippen molar-refractivity contribution in [2.45, 2.75) is 20.3 Å². The Morgan fingerprint density at radius 1 is 1.62 bits per heavy atom. The summed E-state index contributed by atoms with van der Waals surface area (Å²) in [5.41, 5.74) is 1.40. The van der Waals surface area contributed by atoms with E-state index in [9.17, 15) is 0 Å². The molecule has 0 heterocycles. The van der Waals surface area contributed by atoms with Gasteiger partial charge in [-0.3, -0.25) is 0 Å². The third-order valence-electron chi connectivity index (χ3n) is 1.01. The molecule has 0 atom stereocenters. The first-order valence-corrected chi connectivity index (χ1v) is 3.65. The van der Waals surface area contributed by atoms with Gasteiger partial charge in [-0.1, -0.05) is 40.6 Å². The molecule has 0 amide bonds. The van der Waals surface area contributed by atoms with Crippen LogP contribution >= 0.6 is 15.9 Å². The fourth-order valence-electron chi connectivity index (χ4n) is 0.318. The van der Waals surface area contributed by atoms with E-state index in [-0.39, 0.29) is 0 Å². The van der Waals surface area contributed by atoms with E-state index < -0.39 is 0 Å². The smallest absolute Gasteiger partial charge is 0.0189 e. The van der Waals surface area contributed by atoms with Crippen LogP contribution in [0.15, 0.2) is 22.7 Å². The van der Waals surface area contributed by atoms with Crippen LogP contribution in [-0.2, 0) is 0 Å². The lowest BCUT2D eigenvalue weighted by Crippen LogP contribution is -1.65. The molecule has 0 saturated carbocycles. The van der Waals surface area contributed by atoms with Crippen molar-refractivity contribution in [2.75, 3.05) is 0 Å². The minimum atomic E-state index is 1.14. The maximum Gasteiger partial charge on any atom is -0.0189 e. The highest BCUT2D eigenvalue weighted by molar-refractivity contribution is 9.11. The van der Waals surface area contributed by atoms with Crippen LogP contribution in [0.4, 0.5) is 0 Å². The van der Waals surface area contributed by atoms with Gasteiger partial charge in [0, 0.05) is 0 Å². The normalized spacial score (nSPS) is 13.1. The van der Waals surface area contributed by atoms with Gasteiger partial charge in [0.15, 0.2) is 0 Å². The second kappa shape index (κ2) is 5.10. The first-order valence-electron chi connectivity index (χ1n) is 2.73. The fraction of sp³-hybridized carbons (Fsp3) is 0.429. The van der Waals surface area contributed by atoms with Gasteiger partial charge in [0.2, 0.25) is 0 Å². The Hall–Kier alpha value is -0.0400. The molecule has 8 heavy (non-hydrogen) atoms. The number of rotatable bonds is 2. The summed E-state index contributed by atoms with van der Waals surface area (Å²) in [7, 11) is 0. The molecule has 0 fully saturated rings. The number of allylic oxidation sites excluding steroid dienone is 3. The molecular formula is C7H11Br. The molecule has 0 saturated heterocycles. The van der Waals surface area contributed by atoms with Gasteiger partial charge in [0.05, 0.1) is 0 Å². The van der Waals surface area contributed by atoms with E-state index >= 15 is 0 Å². The van der Waals surface area contributed by atoms with E-state index in [1.54, 1.807) is 0 Å². The largest absolute Gasteiger partial charge is 0.0736 e. The second-order valence-electron chi connectivity index (χ2n) is 1.69. The molecule has 0 unspecified atom stereocenters. The highest BCUT2D eigenvalue weighted by Gasteiger charge is 1.75. The summed E-state index contributed by atoms with van der Waals surface area (Å²) < 4.78 is 0. The first kappa shape index (κ1) is 7.96. The molecule has 0 radical (unpaired) electrons. The van der Waals surface area contributed by atoms with Crippen molar-refractivity contribution in [1.29, 1.82) is 0 Å². The summed E-state index contributed by atoms with van der Waals surface area (Å²) in [6.07, 6.45) is 5.21. The quantitative estimate of drug-likeness (QED) is 0.565. The molecule has 0 aliphatic rings. The highest BCUT2D eigenvalue weighted by atomic mass is 79.9. The Balaban J connectivity index is 3.57. The van der Waals surface area contributed by atoms with Gasteiger partial charge in [0.25, 0.3) is 0 Å². The van der Waals surface area contributed by atoms with Crippen LogP contribution in [0.1, 0.15) is 20.3 Å². The Kier molecular flexibility index (Phi) is 5.08. The van der Waals surface area contributed by atoms with Gasteiger partial charge in [0.1, 0.15) is 0 Å². The monoisotopic (exact) mass is 174 g/mol. The number of hydrogen-bond acceptors (Lipinski definition) is 0. The van der Waals surface area contributed by atoms with Gasteiger partial charge in [-0.05, 0) is 18.3 Å². The molecule has 0 rings (SSSR count). The van der Waals surface area contributed by atoms with Gasteiger partial charge in [-0.2, -0.15) is 0 Å². The molecule has 0 aromatic carbocycles. The molecule has 0 aromatic rings. The molecule has 0 bridgehead atoms. The van der Waals surface area contributed by atoms with E-state index in [2.05, 4.69) is 35.9 Å². The zero-order valence-electron chi connectivity index (χ0n) is 5.32. The van der Waals surface area contributed by atoms with E-state index in [4.69, 9.17) is 0 Å². The molecule has 0 aliphatic heterocycles. The summed E-state index contributed by atoms with van der Waals surface area (Å²) in [6.45, 7) is 4.26. The third kappa shape index (κ3) is 4.13. The maximum absolute atomic E-state index is 3.18. The Morgan fingerprint density at radius 3 is 2.62 bits per heavy atom. The topological polar surface area (TPSA) is 0 Å². The molecule has 0 N–H and O–H groups in total. The summed E-state index contributed by atoms with van der Waals surface area (Å²) in [5.74, 6) is 0. The lowest BCUT2D eigenvalue weighted by Gasteiger charge is -1.86. The van der Waals surface area contributed by atoms with Crippen molar-refractivity contribution in [2.24, 2.45) is 0 Å². The summed E-state index contributed by atoms with van der Waals surface area (Å²) in [6, 6.07) is 0. The maximum atomic E-state index is 3.18. The standard InChI is InChI=1S/C7H11Br/c1-3-7(2)5-4-6-8/h4-6H,3H2,1-2H3. The van der Waals surface area contributed by atoms with E-state index in [1.165, 1.54) is 5.57 Å². The van der Waals surface area contributed by atoms with Crippen LogP contribution in [0.3, 0.4) is 0 Å². The van der Waals surface area contributed by atoms with Crippen molar-refractivity contribution in [1.82, 2.24) is 0 Å². The minimum Gasteiger partial charge on any atom is -0.0736 e. The predicted octanol–water partition coefficient (Wildman–Crippen LogP) is 3.25. The van der Waals surface area contributed by atoms with Crippen LogP contribution in [0.25, 0.3) is 0 Å². The zero-order chi connectivity index (χ0) is 6.41. The average Bonchev–Trinajstić information content (AvgIpc) is 1.83. The van der Waals surface area contributed by atoms with Gasteiger partial charge < -0.3 is 0 Å². The van der Waals surface area contributed by atoms with Crippen molar-refractivity contribution >= 4 is 15.9 Å². The Bertz CT molecular complexity index is 101. The van der Waals surface area contributed by atoms with Gasteiger partial charge >= 0.3 is 0 Å². The number of hydrogen-bond donors (Lipinski definition) is 0. The molecule has 0 spiro atoms. The van der Waals surface area contributed by atoms with Crippen molar-refractivity contribution in [3.05, 3.63) is 22.7 Å². The van der Waals surface area contributed by atoms with E-state index in [0.717, 1.165) is 6.42 Å². The molecule has 0 nitrogen and oxygen atoms in total. The van der Waals surface area contributed by atoms with Crippen molar-refractivity contribution in [3.8, 4) is 0 Å². The molecule has 0 aliphatic carbocycles. The SMILES string of the molecule is CCC(C)=CC=CBr. The molecule has 0 aromatic heterocycles. The Labute approximate surface area is 59.4 Å². The third-order valence-corrected chi connectivity index (χ3v) is 1.32. The fourth-order valence-corrected chi connectivity index (χ4v) is 0.471. The van der Waals surface area contributed by atoms with Crippen LogP contribution in [-0.4, -0.2) is 0 Å². The van der Waals surface area contributed by atoms with Crippen molar-refractivity contribution in [3.63, 3.8) is 0 Å². The van der Waals surface area contributed by atoms with Crippen molar-refractivity contribution < 1.29 is 0 Å². The van der Waals surface area contributed by atoms with Crippen LogP contribution in [0, 0.1) is 0 Å².